The third-order valence-corrected chi connectivity index (χ3v) is 2.51. The number of anilines is 2. The summed E-state index contributed by atoms with van der Waals surface area (Å²) in [6, 6.07) is 8.38. The molecule has 0 spiro atoms. The van der Waals surface area contributed by atoms with Crippen molar-refractivity contribution in [1.29, 1.82) is 0 Å². The summed E-state index contributed by atoms with van der Waals surface area (Å²) in [6.45, 7) is 0. The molecule has 2 rings (SSSR count). The number of nitrogens with one attached hydrogen (secondary N) is 1. The summed E-state index contributed by atoms with van der Waals surface area (Å²) >= 11 is 11.6. The highest BCUT2D eigenvalue weighted by molar-refractivity contribution is 6.35. The molecule has 0 atom stereocenters. The predicted molar refractivity (Wildman–Crippen MR) is 66.1 cm³/mol. The highest BCUT2D eigenvalue weighted by Crippen LogP contribution is 2.25. The number of hydrogen-bond acceptors (Lipinski definition) is 1. The van der Waals surface area contributed by atoms with Crippen molar-refractivity contribution in [2.24, 2.45) is 0 Å². The number of hydrogen-bond donors (Lipinski definition) is 1. The topological polar surface area (TPSA) is 12.0 Å². The van der Waals surface area contributed by atoms with Crippen molar-refractivity contribution in [2.45, 2.75) is 0 Å². The van der Waals surface area contributed by atoms with Gasteiger partial charge in [-0.05, 0) is 30.3 Å². The van der Waals surface area contributed by atoms with Crippen molar-refractivity contribution in [3.05, 3.63) is 58.1 Å². The second kappa shape index (κ2) is 4.90. The molecule has 0 aliphatic carbocycles. The molecule has 0 heterocycles. The first kappa shape index (κ1) is 12.1. The highest BCUT2D eigenvalue weighted by atomic mass is 35.5. The van der Waals surface area contributed by atoms with Gasteiger partial charge in [0, 0.05) is 27.5 Å². The molecule has 0 bridgehead atoms. The van der Waals surface area contributed by atoms with E-state index in [1.165, 1.54) is 6.07 Å². The molecule has 1 nitrogen and oxygen atoms in total. The zero-order chi connectivity index (χ0) is 12.4. The summed E-state index contributed by atoms with van der Waals surface area (Å²) in [5, 5.41) is 3.80. The van der Waals surface area contributed by atoms with Gasteiger partial charge in [0.1, 0.15) is 0 Å². The van der Waals surface area contributed by atoms with Gasteiger partial charge in [0.2, 0.25) is 0 Å². The van der Waals surface area contributed by atoms with E-state index in [9.17, 15) is 8.78 Å². The van der Waals surface area contributed by atoms with Gasteiger partial charge in [-0.15, -0.1) is 0 Å². The van der Waals surface area contributed by atoms with Gasteiger partial charge in [0.25, 0.3) is 0 Å². The standard InChI is InChI=1S/C12H7Cl2F2N/c13-7-3-8(14)5-10(4-7)17-9-1-2-11(15)12(16)6-9/h1-6,17H. The van der Waals surface area contributed by atoms with Gasteiger partial charge in [-0.2, -0.15) is 0 Å². The lowest BCUT2D eigenvalue weighted by Gasteiger charge is -2.07. The quantitative estimate of drug-likeness (QED) is 0.811. The van der Waals surface area contributed by atoms with E-state index in [0.717, 1.165) is 12.1 Å². The Morgan fingerprint density at radius 2 is 1.41 bits per heavy atom. The zero-order valence-electron chi connectivity index (χ0n) is 8.48. The summed E-state index contributed by atoms with van der Waals surface area (Å²) in [4.78, 5) is 0. The number of rotatable bonds is 2. The largest absolute Gasteiger partial charge is 0.355 e. The first-order valence-corrected chi connectivity index (χ1v) is 5.48. The number of benzene rings is 2. The maximum Gasteiger partial charge on any atom is 0.160 e. The second-order valence-corrected chi connectivity index (χ2v) is 4.28. The Balaban J connectivity index is 2.28. The minimum atomic E-state index is -0.914. The molecule has 0 saturated carbocycles. The van der Waals surface area contributed by atoms with Crippen molar-refractivity contribution in [3.8, 4) is 0 Å². The summed E-state index contributed by atoms with van der Waals surface area (Å²) < 4.78 is 25.7. The summed E-state index contributed by atoms with van der Waals surface area (Å²) in [5.41, 5.74) is 1.02. The Bertz CT molecular complexity index is 538. The first-order valence-electron chi connectivity index (χ1n) is 4.73. The Morgan fingerprint density at radius 3 is 2.00 bits per heavy atom. The van der Waals surface area contributed by atoms with Crippen LogP contribution in [-0.4, -0.2) is 0 Å². The molecule has 0 radical (unpaired) electrons. The van der Waals surface area contributed by atoms with Crippen molar-refractivity contribution >= 4 is 34.6 Å². The van der Waals surface area contributed by atoms with E-state index in [2.05, 4.69) is 5.32 Å². The fourth-order valence-electron chi connectivity index (χ4n) is 1.37. The van der Waals surface area contributed by atoms with Gasteiger partial charge in [0.15, 0.2) is 11.6 Å². The molecular formula is C12H7Cl2F2N. The molecule has 2 aromatic rings. The Morgan fingerprint density at radius 1 is 0.765 bits per heavy atom. The second-order valence-electron chi connectivity index (χ2n) is 3.41. The average molecular weight is 274 g/mol. The van der Waals surface area contributed by atoms with Crippen LogP contribution in [0.25, 0.3) is 0 Å². The number of halogens is 4. The van der Waals surface area contributed by atoms with E-state index >= 15 is 0 Å². The minimum Gasteiger partial charge on any atom is -0.355 e. The fraction of sp³-hybridized carbons (Fsp3) is 0. The van der Waals surface area contributed by atoms with Crippen molar-refractivity contribution in [2.75, 3.05) is 5.32 Å². The molecule has 0 amide bonds. The summed E-state index contributed by atoms with van der Waals surface area (Å²) in [6.07, 6.45) is 0. The SMILES string of the molecule is Fc1ccc(Nc2cc(Cl)cc(Cl)c2)cc1F. The third-order valence-electron chi connectivity index (χ3n) is 2.07. The average Bonchev–Trinajstić information content (AvgIpc) is 2.22. The lowest BCUT2D eigenvalue weighted by molar-refractivity contribution is 0.509. The molecule has 2 aromatic carbocycles. The molecule has 0 fully saturated rings. The van der Waals surface area contributed by atoms with Gasteiger partial charge in [-0.3, -0.25) is 0 Å². The van der Waals surface area contributed by atoms with Crippen LogP contribution in [0.15, 0.2) is 36.4 Å². The molecule has 88 valence electrons. The minimum absolute atomic E-state index is 0.419. The van der Waals surface area contributed by atoms with Crippen molar-refractivity contribution in [1.82, 2.24) is 0 Å². The van der Waals surface area contributed by atoms with Gasteiger partial charge in [0.05, 0.1) is 0 Å². The van der Waals surface area contributed by atoms with Crippen molar-refractivity contribution < 1.29 is 8.78 Å². The van der Waals surface area contributed by atoms with Crippen LogP contribution in [0, 0.1) is 11.6 Å². The van der Waals surface area contributed by atoms with Crippen LogP contribution in [0.2, 0.25) is 10.0 Å². The molecule has 17 heavy (non-hydrogen) atoms. The molecule has 1 N–H and O–H groups in total. The molecule has 0 aromatic heterocycles. The summed E-state index contributed by atoms with van der Waals surface area (Å²) in [5.74, 6) is -1.80. The van der Waals surface area contributed by atoms with E-state index in [1.807, 2.05) is 0 Å². The highest BCUT2D eigenvalue weighted by Gasteiger charge is 2.03. The molecule has 0 aliphatic rings. The molecule has 0 saturated heterocycles. The van der Waals surface area contributed by atoms with E-state index in [1.54, 1.807) is 18.2 Å². The normalized spacial score (nSPS) is 10.4. The van der Waals surface area contributed by atoms with E-state index < -0.39 is 11.6 Å². The third kappa shape index (κ3) is 3.08. The zero-order valence-corrected chi connectivity index (χ0v) is 9.99. The van der Waals surface area contributed by atoms with Crippen LogP contribution >= 0.6 is 23.2 Å². The maximum atomic E-state index is 13.0. The molecule has 0 aliphatic heterocycles. The van der Waals surface area contributed by atoms with Crippen LogP contribution in [-0.2, 0) is 0 Å². The van der Waals surface area contributed by atoms with Crippen LogP contribution < -0.4 is 5.32 Å². The lowest BCUT2D eigenvalue weighted by Crippen LogP contribution is -1.92. The summed E-state index contributed by atoms with van der Waals surface area (Å²) in [7, 11) is 0. The Kier molecular flexibility index (Phi) is 3.50. The van der Waals surface area contributed by atoms with Gasteiger partial charge < -0.3 is 5.32 Å². The first-order chi connectivity index (χ1) is 8.04. The fourth-order valence-corrected chi connectivity index (χ4v) is 1.89. The van der Waals surface area contributed by atoms with Gasteiger partial charge >= 0.3 is 0 Å². The smallest absolute Gasteiger partial charge is 0.160 e. The monoisotopic (exact) mass is 273 g/mol. The predicted octanol–water partition coefficient (Wildman–Crippen LogP) is 5.02. The maximum absolute atomic E-state index is 13.0. The van der Waals surface area contributed by atoms with Crippen LogP contribution in [0.5, 0.6) is 0 Å². The Hall–Kier alpha value is -1.32. The molecule has 0 unspecified atom stereocenters. The van der Waals surface area contributed by atoms with Crippen LogP contribution in [0.4, 0.5) is 20.2 Å². The Labute approximate surface area is 107 Å². The molecular weight excluding hydrogens is 267 g/mol. The molecule has 5 heteroatoms. The van der Waals surface area contributed by atoms with Crippen LogP contribution in [0.1, 0.15) is 0 Å². The van der Waals surface area contributed by atoms with Gasteiger partial charge in [-0.25, -0.2) is 8.78 Å². The van der Waals surface area contributed by atoms with E-state index in [0.29, 0.717) is 21.4 Å². The van der Waals surface area contributed by atoms with E-state index in [4.69, 9.17) is 23.2 Å². The van der Waals surface area contributed by atoms with Gasteiger partial charge in [-0.1, -0.05) is 23.2 Å². The lowest BCUT2D eigenvalue weighted by atomic mass is 10.2. The van der Waals surface area contributed by atoms with Crippen LogP contribution in [0.3, 0.4) is 0 Å². The van der Waals surface area contributed by atoms with Crippen molar-refractivity contribution in [3.63, 3.8) is 0 Å². The van der Waals surface area contributed by atoms with E-state index in [-0.39, 0.29) is 0 Å².